The van der Waals surface area contributed by atoms with Crippen molar-refractivity contribution in [3.05, 3.63) is 60.2 Å². The minimum atomic E-state index is -0.0724. The highest BCUT2D eigenvalue weighted by molar-refractivity contribution is 5.97. The first-order chi connectivity index (χ1) is 12.1. The predicted molar refractivity (Wildman–Crippen MR) is 96.5 cm³/mol. The first-order valence-corrected chi connectivity index (χ1v) is 8.51. The van der Waals surface area contributed by atoms with Gasteiger partial charge in [0.15, 0.2) is 6.61 Å². The molecule has 0 radical (unpaired) electrons. The third kappa shape index (κ3) is 4.18. The van der Waals surface area contributed by atoms with Crippen LogP contribution in [0.15, 0.2) is 54.6 Å². The largest absolute Gasteiger partial charge is 0.482 e. The molecule has 0 bridgehead atoms. The number of rotatable bonds is 6. The van der Waals surface area contributed by atoms with Crippen molar-refractivity contribution in [2.75, 3.05) is 18.1 Å². The Morgan fingerprint density at radius 1 is 1.16 bits per heavy atom. The summed E-state index contributed by atoms with van der Waals surface area (Å²) in [6, 6.07) is 17.3. The first kappa shape index (κ1) is 17.0. The lowest BCUT2D eigenvalue weighted by molar-refractivity contribution is -0.123. The van der Waals surface area contributed by atoms with Crippen LogP contribution in [0.2, 0.25) is 0 Å². The molecule has 2 aromatic rings. The smallest absolute Gasteiger partial charge is 0.265 e. The van der Waals surface area contributed by atoms with Crippen molar-refractivity contribution in [2.45, 2.75) is 25.8 Å². The monoisotopic (exact) mass is 338 g/mol. The Kier molecular flexibility index (Phi) is 5.33. The van der Waals surface area contributed by atoms with Gasteiger partial charge in [-0.2, -0.15) is 0 Å². The van der Waals surface area contributed by atoms with Gasteiger partial charge in [-0.1, -0.05) is 42.5 Å². The van der Waals surface area contributed by atoms with E-state index in [0.29, 0.717) is 25.1 Å². The molecular formula is C20H22N2O3. The molecule has 25 heavy (non-hydrogen) atoms. The van der Waals surface area contributed by atoms with Crippen LogP contribution in [0.25, 0.3) is 0 Å². The lowest BCUT2D eigenvalue weighted by atomic mass is 10.1. The summed E-state index contributed by atoms with van der Waals surface area (Å²) in [5, 5.41) is 3.00. The molecule has 2 amide bonds. The van der Waals surface area contributed by atoms with E-state index in [9.17, 15) is 9.59 Å². The topological polar surface area (TPSA) is 58.6 Å². The minimum absolute atomic E-state index is 0.00894. The van der Waals surface area contributed by atoms with E-state index in [4.69, 9.17) is 4.74 Å². The number of ether oxygens (including phenoxy) is 1. The second-order valence-electron chi connectivity index (χ2n) is 6.11. The van der Waals surface area contributed by atoms with Crippen molar-refractivity contribution in [3.8, 4) is 5.75 Å². The van der Waals surface area contributed by atoms with Crippen LogP contribution in [0, 0.1) is 0 Å². The van der Waals surface area contributed by atoms with Gasteiger partial charge in [0.05, 0.1) is 11.7 Å². The van der Waals surface area contributed by atoms with Crippen LogP contribution in [-0.2, 0) is 9.59 Å². The zero-order chi connectivity index (χ0) is 17.6. The van der Waals surface area contributed by atoms with Crippen LogP contribution in [-0.4, -0.2) is 25.0 Å². The highest BCUT2D eigenvalue weighted by atomic mass is 16.5. The van der Waals surface area contributed by atoms with Gasteiger partial charge in [0, 0.05) is 13.0 Å². The summed E-state index contributed by atoms with van der Waals surface area (Å²) in [7, 11) is 0. The van der Waals surface area contributed by atoms with Gasteiger partial charge in [-0.05, 0) is 31.0 Å². The summed E-state index contributed by atoms with van der Waals surface area (Å²) in [5.41, 5.74) is 1.85. The Morgan fingerprint density at radius 2 is 1.88 bits per heavy atom. The minimum Gasteiger partial charge on any atom is -0.482 e. The highest BCUT2D eigenvalue weighted by Gasteiger charge is 2.24. The molecule has 0 spiro atoms. The average Bonchev–Trinajstić information content (AvgIpc) is 2.64. The zero-order valence-corrected chi connectivity index (χ0v) is 14.3. The Labute approximate surface area is 147 Å². The maximum atomic E-state index is 12.2. The Bertz CT molecular complexity index is 746. The zero-order valence-electron chi connectivity index (χ0n) is 14.3. The van der Waals surface area contributed by atoms with Crippen LogP contribution in [0.5, 0.6) is 5.75 Å². The molecule has 5 nitrogen and oxygen atoms in total. The predicted octanol–water partition coefficient (Wildman–Crippen LogP) is 3.07. The number of carbonyl (C=O) groups excluding carboxylic acids is 2. The molecule has 130 valence electrons. The normalized spacial score (nSPS) is 14.4. The van der Waals surface area contributed by atoms with Gasteiger partial charge < -0.3 is 15.0 Å². The van der Waals surface area contributed by atoms with Crippen molar-refractivity contribution in [2.24, 2.45) is 0 Å². The molecule has 0 aliphatic carbocycles. The third-order valence-corrected chi connectivity index (χ3v) is 4.27. The molecule has 0 saturated carbocycles. The molecule has 0 fully saturated rings. The number of carbonyl (C=O) groups is 2. The second kappa shape index (κ2) is 7.83. The fourth-order valence-corrected chi connectivity index (χ4v) is 2.94. The van der Waals surface area contributed by atoms with E-state index in [1.54, 1.807) is 4.90 Å². The van der Waals surface area contributed by atoms with Crippen molar-refractivity contribution in [3.63, 3.8) is 0 Å². The number of anilines is 1. The fourth-order valence-electron chi connectivity index (χ4n) is 2.94. The summed E-state index contributed by atoms with van der Waals surface area (Å²) in [4.78, 5) is 26.0. The van der Waals surface area contributed by atoms with Crippen LogP contribution >= 0.6 is 0 Å². The number of amides is 2. The average molecular weight is 338 g/mol. The maximum absolute atomic E-state index is 12.2. The number of fused-ring (bicyclic) bond motifs is 1. The molecule has 1 heterocycles. The lowest BCUT2D eigenvalue weighted by Gasteiger charge is -2.29. The Hall–Kier alpha value is -2.82. The van der Waals surface area contributed by atoms with Gasteiger partial charge >= 0.3 is 0 Å². The summed E-state index contributed by atoms with van der Waals surface area (Å²) >= 11 is 0. The van der Waals surface area contributed by atoms with Crippen LogP contribution in [0.1, 0.15) is 31.4 Å². The Balaban J connectivity index is 1.51. The number of hydrogen-bond donors (Lipinski definition) is 1. The van der Waals surface area contributed by atoms with Crippen LogP contribution in [0.3, 0.4) is 0 Å². The molecule has 2 aromatic carbocycles. The van der Waals surface area contributed by atoms with E-state index in [0.717, 1.165) is 11.3 Å². The van der Waals surface area contributed by atoms with Gasteiger partial charge in [-0.15, -0.1) is 0 Å². The SMILES string of the molecule is C[C@H](NC(=O)CCCN1C(=O)COc2ccccc21)c1ccccc1. The van der Waals surface area contributed by atoms with E-state index in [-0.39, 0.29) is 24.5 Å². The quantitative estimate of drug-likeness (QED) is 0.881. The standard InChI is InChI=1S/C20H22N2O3/c1-15(16-8-3-2-4-9-16)21-19(23)12-7-13-22-17-10-5-6-11-18(17)25-14-20(22)24/h2-6,8-11,15H,7,12-14H2,1H3,(H,21,23)/t15-/m0/s1. The van der Waals surface area contributed by atoms with Crippen molar-refractivity contribution >= 4 is 17.5 Å². The maximum Gasteiger partial charge on any atom is 0.265 e. The molecular weight excluding hydrogens is 316 g/mol. The number of hydrogen-bond acceptors (Lipinski definition) is 3. The van der Waals surface area contributed by atoms with Gasteiger partial charge in [0.2, 0.25) is 5.91 Å². The molecule has 1 atom stereocenters. The van der Waals surface area contributed by atoms with Gasteiger partial charge in [0.1, 0.15) is 5.75 Å². The van der Waals surface area contributed by atoms with Gasteiger partial charge in [-0.3, -0.25) is 9.59 Å². The fraction of sp³-hybridized carbons (Fsp3) is 0.300. The second-order valence-corrected chi connectivity index (χ2v) is 6.11. The molecule has 1 aliphatic heterocycles. The Morgan fingerprint density at radius 3 is 2.68 bits per heavy atom. The molecule has 1 N–H and O–H groups in total. The van der Waals surface area contributed by atoms with E-state index in [1.165, 1.54) is 0 Å². The molecule has 1 aliphatic rings. The molecule has 0 saturated heterocycles. The van der Waals surface area contributed by atoms with E-state index < -0.39 is 0 Å². The van der Waals surface area contributed by atoms with E-state index in [1.807, 2.05) is 61.5 Å². The lowest BCUT2D eigenvalue weighted by Crippen LogP contribution is -2.39. The molecule has 3 rings (SSSR count). The van der Waals surface area contributed by atoms with Crippen molar-refractivity contribution < 1.29 is 14.3 Å². The molecule has 0 aromatic heterocycles. The number of benzene rings is 2. The molecule has 0 unspecified atom stereocenters. The highest BCUT2D eigenvalue weighted by Crippen LogP contribution is 2.31. The third-order valence-electron chi connectivity index (χ3n) is 4.27. The van der Waals surface area contributed by atoms with Crippen molar-refractivity contribution in [1.82, 2.24) is 5.32 Å². The molecule has 5 heteroatoms. The first-order valence-electron chi connectivity index (χ1n) is 8.51. The summed E-state index contributed by atoms with van der Waals surface area (Å²) < 4.78 is 5.42. The summed E-state index contributed by atoms with van der Waals surface area (Å²) in [5.74, 6) is 0.631. The van der Waals surface area contributed by atoms with Crippen LogP contribution in [0.4, 0.5) is 5.69 Å². The number of nitrogens with zero attached hydrogens (tertiary/aromatic N) is 1. The van der Waals surface area contributed by atoms with E-state index in [2.05, 4.69) is 5.32 Å². The number of nitrogens with one attached hydrogen (secondary N) is 1. The number of para-hydroxylation sites is 2. The van der Waals surface area contributed by atoms with Crippen molar-refractivity contribution in [1.29, 1.82) is 0 Å². The summed E-state index contributed by atoms with van der Waals surface area (Å²) in [6.45, 7) is 2.52. The summed E-state index contributed by atoms with van der Waals surface area (Å²) in [6.07, 6.45) is 0.984. The van der Waals surface area contributed by atoms with Gasteiger partial charge in [-0.25, -0.2) is 0 Å². The van der Waals surface area contributed by atoms with E-state index >= 15 is 0 Å². The van der Waals surface area contributed by atoms with Gasteiger partial charge in [0.25, 0.3) is 5.91 Å². The van der Waals surface area contributed by atoms with Crippen LogP contribution < -0.4 is 15.0 Å².